The van der Waals surface area contributed by atoms with Gasteiger partial charge in [-0.15, -0.1) is 0 Å². The van der Waals surface area contributed by atoms with Crippen LogP contribution < -0.4 is 9.64 Å². The minimum Gasteiger partial charge on any atom is -0.490 e. The Kier molecular flexibility index (Phi) is 7.16. The van der Waals surface area contributed by atoms with Crippen molar-refractivity contribution in [3.8, 4) is 5.75 Å². The van der Waals surface area contributed by atoms with Crippen LogP contribution in [0.4, 0.5) is 5.69 Å². The van der Waals surface area contributed by atoms with Crippen molar-refractivity contribution in [3.63, 3.8) is 0 Å². The summed E-state index contributed by atoms with van der Waals surface area (Å²) >= 11 is 0. The first kappa shape index (κ1) is 21.4. The summed E-state index contributed by atoms with van der Waals surface area (Å²) in [6.07, 6.45) is 4.27. The van der Waals surface area contributed by atoms with Crippen LogP contribution in [0.15, 0.2) is 24.3 Å². The molecule has 1 aromatic rings. The first-order chi connectivity index (χ1) is 14.6. The molecule has 0 unspecified atom stereocenters. The van der Waals surface area contributed by atoms with Crippen LogP contribution in [0, 0.1) is 5.92 Å². The van der Waals surface area contributed by atoms with Crippen LogP contribution in [-0.4, -0.2) is 80.3 Å². The summed E-state index contributed by atoms with van der Waals surface area (Å²) in [4.78, 5) is 19.7. The highest BCUT2D eigenvalue weighted by Crippen LogP contribution is 2.25. The number of hydrogen-bond acceptors (Lipinski definition) is 5. The highest BCUT2D eigenvalue weighted by atomic mass is 16.5. The Morgan fingerprint density at radius 3 is 2.17 bits per heavy atom. The van der Waals surface area contributed by atoms with Gasteiger partial charge in [0.25, 0.3) is 0 Å². The number of nitrogens with zero attached hydrogens (tertiary/aromatic N) is 3. The van der Waals surface area contributed by atoms with E-state index in [9.17, 15) is 4.79 Å². The molecule has 3 aliphatic rings. The third kappa shape index (κ3) is 5.27. The molecule has 0 saturated carbocycles. The number of rotatable bonds is 5. The molecular weight excluding hydrogens is 378 g/mol. The number of benzene rings is 1. The lowest BCUT2D eigenvalue weighted by Gasteiger charge is -2.38. The van der Waals surface area contributed by atoms with E-state index in [1.54, 1.807) is 0 Å². The average molecular weight is 416 g/mol. The molecule has 3 heterocycles. The number of piperazine rings is 1. The van der Waals surface area contributed by atoms with Crippen LogP contribution in [0.1, 0.15) is 39.5 Å². The highest BCUT2D eigenvalue weighted by Gasteiger charge is 2.29. The van der Waals surface area contributed by atoms with Gasteiger partial charge in [0.1, 0.15) is 11.9 Å². The zero-order valence-electron chi connectivity index (χ0n) is 18.6. The smallest absolute Gasteiger partial charge is 0.225 e. The van der Waals surface area contributed by atoms with Crippen molar-refractivity contribution in [3.05, 3.63) is 24.3 Å². The Morgan fingerprint density at radius 2 is 1.57 bits per heavy atom. The fourth-order valence-corrected chi connectivity index (χ4v) is 4.83. The zero-order valence-corrected chi connectivity index (χ0v) is 18.6. The molecule has 0 aromatic heterocycles. The van der Waals surface area contributed by atoms with Gasteiger partial charge < -0.3 is 24.2 Å². The summed E-state index contributed by atoms with van der Waals surface area (Å²) in [6, 6.07) is 9.15. The van der Waals surface area contributed by atoms with Gasteiger partial charge in [-0.05, 0) is 63.8 Å². The second-order valence-electron chi connectivity index (χ2n) is 9.14. The molecule has 4 rings (SSSR count). The molecule has 3 fully saturated rings. The summed E-state index contributed by atoms with van der Waals surface area (Å²) in [5.41, 5.74) is 1.22. The second-order valence-corrected chi connectivity index (χ2v) is 9.14. The molecule has 6 heteroatoms. The molecule has 1 aromatic carbocycles. The van der Waals surface area contributed by atoms with E-state index in [2.05, 4.69) is 47.9 Å². The molecule has 0 atom stereocenters. The molecule has 0 radical (unpaired) electrons. The molecule has 0 spiro atoms. The zero-order chi connectivity index (χ0) is 20.9. The lowest BCUT2D eigenvalue weighted by Crippen LogP contribution is -2.51. The number of hydrogen-bond donors (Lipinski definition) is 0. The molecule has 30 heavy (non-hydrogen) atoms. The third-order valence-electron chi connectivity index (χ3n) is 6.87. The Balaban J connectivity index is 1.23. The number of carbonyl (C=O) groups is 1. The lowest BCUT2D eigenvalue weighted by atomic mass is 9.98. The monoisotopic (exact) mass is 415 g/mol. The fourth-order valence-electron chi connectivity index (χ4n) is 4.83. The lowest BCUT2D eigenvalue weighted by molar-refractivity contribution is -0.138. The van der Waals surface area contributed by atoms with Crippen molar-refractivity contribution in [1.82, 2.24) is 9.80 Å². The van der Waals surface area contributed by atoms with Gasteiger partial charge in [0.05, 0.1) is 0 Å². The summed E-state index contributed by atoms with van der Waals surface area (Å²) in [7, 11) is 0. The van der Waals surface area contributed by atoms with Crippen molar-refractivity contribution in [1.29, 1.82) is 0 Å². The predicted octanol–water partition coefficient (Wildman–Crippen LogP) is 3.01. The first-order valence-corrected chi connectivity index (χ1v) is 11.7. The fraction of sp³-hybridized carbons (Fsp3) is 0.708. The number of likely N-dealkylation sites (tertiary alicyclic amines) is 1. The van der Waals surface area contributed by atoms with Gasteiger partial charge in [0, 0.05) is 70.1 Å². The van der Waals surface area contributed by atoms with E-state index in [0.29, 0.717) is 18.1 Å². The standard InChI is InChI=1S/C24H37N3O3/c1-19(2)25-11-7-23(8-12-25)30-22-5-3-21(4-6-22)26-13-15-27(16-14-26)24(28)20-9-17-29-18-10-20/h3-6,19-20,23H,7-18H2,1-2H3. The number of carbonyl (C=O) groups excluding carboxylic acids is 1. The Labute approximate surface area is 181 Å². The Hall–Kier alpha value is -1.79. The Bertz CT molecular complexity index is 671. The normalized spacial score (nSPS) is 22.5. The Morgan fingerprint density at radius 1 is 0.933 bits per heavy atom. The van der Waals surface area contributed by atoms with E-state index in [0.717, 1.165) is 83.9 Å². The number of anilines is 1. The van der Waals surface area contributed by atoms with E-state index in [1.165, 1.54) is 5.69 Å². The van der Waals surface area contributed by atoms with Crippen molar-refractivity contribution in [2.45, 2.75) is 51.7 Å². The average Bonchev–Trinajstić information content (AvgIpc) is 2.80. The maximum Gasteiger partial charge on any atom is 0.225 e. The van der Waals surface area contributed by atoms with Crippen LogP contribution in [0.25, 0.3) is 0 Å². The minimum atomic E-state index is 0.161. The summed E-state index contributed by atoms with van der Waals surface area (Å²) < 4.78 is 11.6. The molecule has 6 nitrogen and oxygen atoms in total. The molecule has 1 amide bonds. The van der Waals surface area contributed by atoms with Crippen LogP contribution in [0.2, 0.25) is 0 Å². The number of amides is 1. The van der Waals surface area contributed by atoms with Crippen LogP contribution >= 0.6 is 0 Å². The third-order valence-corrected chi connectivity index (χ3v) is 6.87. The van der Waals surface area contributed by atoms with Gasteiger partial charge in [-0.2, -0.15) is 0 Å². The van der Waals surface area contributed by atoms with Crippen molar-refractivity contribution < 1.29 is 14.3 Å². The number of piperidine rings is 1. The summed E-state index contributed by atoms with van der Waals surface area (Å²) in [5, 5.41) is 0. The van der Waals surface area contributed by atoms with Gasteiger partial charge in [-0.25, -0.2) is 0 Å². The maximum atomic E-state index is 12.7. The first-order valence-electron chi connectivity index (χ1n) is 11.7. The van der Waals surface area contributed by atoms with Crippen LogP contribution in [0.5, 0.6) is 5.75 Å². The predicted molar refractivity (Wildman–Crippen MR) is 119 cm³/mol. The second kappa shape index (κ2) is 10.0. The van der Waals surface area contributed by atoms with E-state index < -0.39 is 0 Å². The SMILES string of the molecule is CC(C)N1CCC(Oc2ccc(N3CCN(C(=O)C4CCOCC4)CC3)cc2)CC1. The molecule has 0 aliphatic carbocycles. The van der Waals surface area contributed by atoms with Gasteiger partial charge in [-0.3, -0.25) is 4.79 Å². The van der Waals surface area contributed by atoms with Gasteiger partial charge in [0.2, 0.25) is 5.91 Å². The summed E-state index contributed by atoms with van der Waals surface area (Å²) in [5.74, 6) is 1.45. The summed E-state index contributed by atoms with van der Waals surface area (Å²) in [6.45, 7) is 11.6. The topological polar surface area (TPSA) is 45.2 Å². The largest absolute Gasteiger partial charge is 0.490 e. The van der Waals surface area contributed by atoms with Crippen LogP contribution in [0.3, 0.4) is 0 Å². The van der Waals surface area contributed by atoms with Crippen LogP contribution in [-0.2, 0) is 9.53 Å². The van der Waals surface area contributed by atoms with Crippen molar-refractivity contribution in [2.24, 2.45) is 5.92 Å². The molecular formula is C24H37N3O3. The highest BCUT2D eigenvalue weighted by molar-refractivity contribution is 5.79. The van der Waals surface area contributed by atoms with Gasteiger partial charge in [-0.1, -0.05) is 0 Å². The van der Waals surface area contributed by atoms with E-state index >= 15 is 0 Å². The molecule has 166 valence electrons. The molecule has 0 bridgehead atoms. The molecule has 0 N–H and O–H groups in total. The van der Waals surface area contributed by atoms with Gasteiger partial charge in [0.15, 0.2) is 0 Å². The number of ether oxygens (including phenoxy) is 2. The minimum absolute atomic E-state index is 0.161. The quantitative estimate of drug-likeness (QED) is 0.740. The molecule has 3 saturated heterocycles. The van der Waals surface area contributed by atoms with Gasteiger partial charge >= 0.3 is 0 Å². The van der Waals surface area contributed by atoms with Crippen molar-refractivity contribution in [2.75, 3.05) is 57.4 Å². The van der Waals surface area contributed by atoms with E-state index in [-0.39, 0.29) is 5.92 Å². The maximum absolute atomic E-state index is 12.7. The van der Waals surface area contributed by atoms with Crippen molar-refractivity contribution >= 4 is 11.6 Å². The van der Waals surface area contributed by atoms with E-state index in [4.69, 9.17) is 9.47 Å². The van der Waals surface area contributed by atoms with E-state index in [1.807, 2.05) is 4.90 Å². The molecule has 3 aliphatic heterocycles.